The molecule has 3 aromatic rings. The first-order valence-corrected chi connectivity index (χ1v) is 8.32. The number of aryl methyl sites for hydroxylation is 1. The lowest BCUT2D eigenvalue weighted by Gasteiger charge is -2.04. The van der Waals surface area contributed by atoms with Crippen molar-refractivity contribution in [2.24, 2.45) is 0 Å². The average Bonchev–Trinajstić information content (AvgIpc) is 3.11. The minimum Gasteiger partial charge on any atom is -0.321 e. The molecule has 0 radical (unpaired) electrons. The van der Waals surface area contributed by atoms with Crippen LogP contribution in [-0.2, 0) is 4.79 Å². The lowest BCUT2D eigenvalue weighted by molar-refractivity contribution is -0.110. The maximum atomic E-state index is 12.3. The van der Waals surface area contributed by atoms with Crippen LogP contribution in [0.25, 0.3) is 22.8 Å². The van der Waals surface area contributed by atoms with Gasteiger partial charge in [-0.05, 0) is 42.3 Å². The van der Waals surface area contributed by atoms with Gasteiger partial charge in [0.25, 0.3) is 5.91 Å². The minimum atomic E-state index is -0.0312. The van der Waals surface area contributed by atoms with Crippen molar-refractivity contribution in [3.05, 3.63) is 76.0 Å². The van der Waals surface area contributed by atoms with E-state index in [1.54, 1.807) is 11.3 Å². The summed E-state index contributed by atoms with van der Waals surface area (Å²) >= 11 is 1.69. The molecule has 0 saturated carbocycles. The fraction of sp³-hybridized carbons (Fsp3) is 0.0500. The normalized spacial score (nSPS) is 14.8. The molecule has 1 amide bonds. The van der Waals surface area contributed by atoms with Crippen LogP contribution in [-0.4, -0.2) is 5.91 Å². The van der Waals surface area contributed by atoms with E-state index < -0.39 is 0 Å². The maximum Gasteiger partial charge on any atom is 0.256 e. The molecule has 0 aliphatic carbocycles. The smallest absolute Gasteiger partial charge is 0.256 e. The molecule has 0 fully saturated rings. The van der Waals surface area contributed by atoms with Gasteiger partial charge in [0.2, 0.25) is 0 Å². The summed E-state index contributed by atoms with van der Waals surface area (Å²) in [6, 6.07) is 20.5. The van der Waals surface area contributed by atoms with Crippen molar-refractivity contribution >= 4 is 34.6 Å². The monoisotopic (exact) mass is 317 g/mol. The zero-order valence-corrected chi connectivity index (χ0v) is 13.5. The number of thiophene rings is 1. The van der Waals surface area contributed by atoms with Gasteiger partial charge in [0.15, 0.2) is 0 Å². The molecule has 4 rings (SSSR count). The average molecular weight is 317 g/mol. The largest absolute Gasteiger partial charge is 0.321 e. The van der Waals surface area contributed by atoms with Gasteiger partial charge in [-0.15, -0.1) is 11.3 Å². The van der Waals surface area contributed by atoms with Crippen molar-refractivity contribution in [3.8, 4) is 11.1 Å². The first-order chi connectivity index (χ1) is 11.2. The van der Waals surface area contributed by atoms with Gasteiger partial charge in [0.05, 0.1) is 5.57 Å². The quantitative estimate of drug-likeness (QED) is 0.645. The summed E-state index contributed by atoms with van der Waals surface area (Å²) < 4.78 is 0. The summed E-state index contributed by atoms with van der Waals surface area (Å²) in [6.45, 7) is 2.07. The highest BCUT2D eigenvalue weighted by Gasteiger charge is 2.24. The van der Waals surface area contributed by atoms with Crippen LogP contribution in [0.4, 0.5) is 5.69 Å². The van der Waals surface area contributed by atoms with Crippen LogP contribution in [0.15, 0.2) is 60.7 Å². The van der Waals surface area contributed by atoms with E-state index in [0.717, 1.165) is 32.8 Å². The Morgan fingerprint density at radius 1 is 0.957 bits per heavy atom. The Kier molecular flexibility index (Phi) is 3.36. The zero-order valence-electron chi connectivity index (χ0n) is 12.7. The van der Waals surface area contributed by atoms with E-state index in [9.17, 15) is 4.79 Å². The molecule has 0 spiro atoms. The van der Waals surface area contributed by atoms with Crippen molar-refractivity contribution in [2.75, 3.05) is 5.32 Å². The summed E-state index contributed by atoms with van der Waals surface area (Å²) in [5.41, 5.74) is 4.85. The van der Waals surface area contributed by atoms with Gasteiger partial charge in [0.1, 0.15) is 0 Å². The predicted molar refractivity (Wildman–Crippen MR) is 97.4 cm³/mol. The molecule has 2 heterocycles. The van der Waals surface area contributed by atoms with E-state index in [-0.39, 0.29) is 5.91 Å². The third-order valence-electron chi connectivity index (χ3n) is 3.96. The number of hydrogen-bond donors (Lipinski definition) is 1. The number of carbonyl (C=O) groups is 1. The lowest BCUT2D eigenvalue weighted by Crippen LogP contribution is -2.03. The van der Waals surface area contributed by atoms with Crippen molar-refractivity contribution < 1.29 is 4.79 Å². The SMILES string of the molecule is Cc1ccc(/C=C2\C(=O)Nc3cc(-c4ccccc4)ccc32)s1. The summed E-state index contributed by atoms with van der Waals surface area (Å²) in [6.07, 6.45) is 1.97. The first-order valence-electron chi connectivity index (χ1n) is 7.50. The lowest BCUT2D eigenvalue weighted by atomic mass is 10.0. The number of fused-ring (bicyclic) bond motifs is 1. The number of amides is 1. The molecule has 3 heteroatoms. The van der Waals surface area contributed by atoms with Crippen molar-refractivity contribution in [3.63, 3.8) is 0 Å². The summed E-state index contributed by atoms with van der Waals surface area (Å²) in [4.78, 5) is 14.7. The van der Waals surface area contributed by atoms with Crippen LogP contribution in [0.3, 0.4) is 0 Å². The highest BCUT2D eigenvalue weighted by Crippen LogP contribution is 2.36. The topological polar surface area (TPSA) is 29.1 Å². The van der Waals surface area contributed by atoms with E-state index >= 15 is 0 Å². The molecule has 1 N–H and O–H groups in total. The highest BCUT2D eigenvalue weighted by atomic mass is 32.1. The van der Waals surface area contributed by atoms with Crippen LogP contribution < -0.4 is 5.32 Å². The van der Waals surface area contributed by atoms with E-state index in [2.05, 4.69) is 42.6 Å². The second-order valence-corrected chi connectivity index (χ2v) is 6.91. The fourth-order valence-electron chi connectivity index (χ4n) is 2.82. The molecular weight excluding hydrogens is 302 g/mol. The van der Waals surface area contributed by atoms with E-state index in [4.69, 9.17) is 0 Å². The molecule has 1 aliphatic heterocycles. The Balaban J connectivity index is 1.76. The van der Waals surface area contributed by atoms with Gasteiger partial charge in [-0.3, -0.25) is 4.79 Å². The Hall–Kier alpha value is -2.65. The molecule has 1 aromatic heterocycles. The second kappa shape index (κ2) is 5.52. The van der Waals surface area contributed by atoms with Gasteiger partial charge in [-0.25, -0.2) is 0 Å². The molecule has 0 unspecified atom stereocenters. The first kappa shape index (κ1) is 14.0. The minimum absolute atomic E-state index is 0.0312. The molecule has 112 valence electrons. The predicted octanol–water partition coefficient (Wildman–Crippen LogP) is 5.22. The molecule has 2 nitrogen and oxygen atoms in total. The van der Waals surface area contributed by atoms with Crippen molar-refractivity contribution in [1.82, 2.24) is 0 Å². The van der Waals surface area contributed by atoms with Gasteiger partial charge in [0, 0.05) is 21.0 Å². The van der Waals surface area contributed by atoms with Crippen LogP contribution >= 0.6 is 11.3 Å². The Bertz CT molecular complexity index is 922. The van der Waals surface area contributed by atoms with E-state index in [1.807, 2.05) is 36.4 Å². The molecule has 0 saturated heterocycles. The van der Waals surface area contributed by atoms with E-state index in [0.29, 0.717) is 0 Å². The number of rotatable bonds is 2. The molecular formula is C20H15NOS. The number of hydrogen-bond acceptors (Lipinski definition) is 2. The molecule has 2 aromatic carbocycles. The van der Waals surface area contributed by atoms with Crippen LogP contribution in [0.5, 0.6) is 0 Å². The number of anilines is 1. The second-order valence-electron chi connectivity index (χ2n) is 5.59. The molecule has 23 heavy (non-hydrogen) atoms. The van der Waals surface area contributed by atoms with Crippen LogP contribution in [0.1, 0.15) is 15.3 Å². The molecule has 0 atom stereocenters. The number of carbonyl (C=O) groups excluding carboxylic acids is 1. The van der Waals surface area contributed by atoms with Gasteiger partial charge < -0.3 is 5.32 Å². The Labute approximate surface area is 139 Å². The number of benzene rings is 2. The maximum absolute atomic E-state index is 12.3. The third kappa shape index (κ3) is 2.60. The highest BCUT2D eigenvalue weighted by molar-refractivity contribution is 7.12. The number of nitrogens with one attached hydrogen (secondary N) is 1. The zero-order chi connectivity index (χ0) is 15.8. The van der Waals surface area contributed by atoms with Gasteiger partial charge in [-0.2, -0.15) is 0 Å². The third-order valence-corrected chi connectivity index (χ3v) is 4.91. The van der Waals surface area contributed by atoms with Crippen molar-refractivity contribution in [1.29, 1.82) is 0 Å². The Morgan fingerprint density at radius 2 is 1.78 bits per heavy atom. The summed E-state index contributed by atoms with van der Waals surface area (Å²) in [7, 11) is 0. The van der Waals surface area contributed by atoms with Gasteiger partial charge >= 0.3 is 0 Å². The molecule has 0 bridgehead atoms. The van der Waals surface area contributed by atoms with Gasteiger partial charge in [-0.1, -0.05) is 42.5 Å². The van der Waals surface area contributed by atoms with Crippen LogP contribution in [0.2, 0.25) is 0 Å². The Morgan fingerprint density at radius 3 is 2.52 bits per heavy atom. The van der Waals surface area contributed by atoms with Crippen LogP contribution in [0, 0.1) is 6.92 Å². The summed E-state index contributed by atoms with van der Waals surface area (Å²) in [5, 5.41) is 2.98. The standard InChI is InChI=1S/C20H15NOS/c1-13-7-9-16(23-13)12-18-17-10-8-15(11-19(17)21-20(18)22)14-5-3-2-4-6-14/h2-12H,1H3,(H,21,22)/b18-12-. The summed E-state index contributed by atoms with van der Waals surface area (Å²) in [5.74, 6) is -0.0312. The van der Waals surface area contributed by atoms with Crippen molar-refractivity contribution in [2.45, 2.75) is 6.92 Å². The van der Waals surface area contributed by atoms with E-state index in [1.165, 1.54) is 4.88 Å². The fourth-order valence-corrected chi connectivity index (χ4v) is 3.64. The molecule has 1 aliphatic rings.